The smallest absolute Gasteiger partial charge is 0.144 e. The van der Waals surface area contributed by atoms with E-state index in [1.165, 1.54) is 38.5 Å². The third-order valence-corrected chi connectivity index (χ3v) is 4.16. The Bertz CT molecular complexity index is 423. The third kappa shape index (κ3) is 3.59. The SMILES string of the molecule is CC(C)Oc1cccc(N(C)C2CCCCCC2)c1N. The first-order valence-electron chi connectivity index (χ1n) is 7.87. The molecule has 3 nitrogen and oxygen atoms in total. The standard InChI is InChI=1S/C17H28N2O/c1-13(2)20-16-12-8-11-15(17(16)18)19(3)14-9-6-4-5-7-10-14/h8,11-14H,4-7,9-10,18H2,1-3H3. The summed E-state index contributed by atoms with van der Waals surface area (Å²) >= 11 is 0. The highest BCUT2D eigenvalue weighted by Crippen LogP contribution is 2.35. The van der Waals surface area contributed by atoms with Crippen molar-refractivity contribution in [2.24, 2.45) is 0 Å². The van der Waals surface area contributed by atoms with Gasteiger partial charge in [-0.15, -0.1) is 0 Å². The van der Waals surface area contributed by atoms with Gasteiger partial charge >= 0.3 is 0 Å². The number of nitrogens with zero attached hydrogens (tertiary/aromatic N) is 1. The maximum absolute atomic E-state index is 6.31. The highest BCUT2D eigenvalue weighted by Gasteiger charge is 2.20. The van der Waals surface area contributed by atoms with E-state index < -0.39 is 0 Å². The summed E-state index contributed by atoms with van der Waals surface area (Å²) in [5.41, 5.74) is 8.19. The van der Waals surface area contributed by atoms with Gasteiger partial charge in [-0.2, -0.15) is 0 Å². The molecule has 112 valence electrons. The first-order valence-corrected chi connectivity index (χ1v) is 7.87. The summed E-state index contributed by atoms with van der Waals surface area (Å²) in [6.45, 7) is 4.06. The minimum atomic E-state index is 0.149. The fraction of sp³-hybridized carbons (Fsp3) is 0.647. The topological polar surface area (TPSA) is 38.5 Å². The summed E-state index contributed by atoms with van der Waals surface area (Å²) in [5.74, 6) is 0.804. The van der Waals surface area contributed by atoms with Crippen LogP contribution in [0.15, 0.2) is 18.2 Å². The average molecular weight is 276 g/mol. The Kier molecular flexibility index (Phi) is 5.16. The van der Waals surface area contributed by atoms with Gasteiger partial charge in [-0.25, -0.2) is 0 Å². The molecule has 1 fully saturated rings. The van der Waals surface area contributed by atoms with Crippen LogP contribution in [0.3, 0.4) is 0 Å². The van der Waals surface area contributed by atoms with Crippen molar-refractivity contribution in [2.45, 2.75) is 64.5 Å². The molecule has 1 aromatic rings. The molecule has 1 aliphatic carbocycles. The molecule has 0 heterocycles. The van der Waals surface area contributed by atoms with Crippen LogP contribution in [-0.4, -0.2) is 19.2 Å². The lowest BCUT2D eigenvalue weighted by Gasteiger charge is -2.31. The lowest BCUT2D eigenvalue weighted by atomic mass is 10.1. The molecule has 0 aliphatic heterocycles. The maximum atomic E-state index is 6.31. The number of hydrogen-bond donors (Lipinski definition) is 1. The maximum Gasteiger partial charge on any atom is 0.144 e. The van der Waals surface area contributed by atoms with E-state index in [1.807, 2.05) is 26.0 Å². The van der Waals surface area contributed by atoms with Crippen LogP contribution in [0.1, 0.15) is 52.4 Å². The number of rotatable bonds is 4. The summed E-state index contributed by atoms with van der Waals surface area (Å²) in [5, 5.41) is 0. The molecule has 20 heavy (non-hydrogen) atoms. The zero-order valence-corrected chi connectivity index (χ0v) is 13.1. The molecule has 0 atom stereocenters. The normalized spacial score (nSPS) is 17.0. The lowest BCUT2D eigenvalue weighted by molar-refractivity contribution is 0.244. The Hall–Kier alpha value is -1.38. The van der Waals surface area contributed by atoms with Crippen LogP contribution < -0.4 is 15.4 Å². The van der Waals surface area contributed by atoms with Gasteiger partial charge in [0.15, 0.2) is 0 Å². The zero-order chi connectivity index (χ0) is 14.5. The predicted octanol–water partition coefficient (Wildman–Crippen LogP) is 4.22. The quantitative estimate of drug-likeness (QED) is 0.661. The van der Waals surface area contributed by atoms with E-state index in [0.717, 1.165) is 17.1 Å². The molecule has 0 radical (unpaired) electrons. The number of nitrogens with two attached hydrogens (primary N) is 1. The van der Waals surface area contributed by atoms with E-state index in [4.69, 9.17) is 10.5 Å². The van der Waals surface area contributed by atoms with Crippen LogP contribution >= 0.6 is 0 Å². The highest BCUT2D eigenvalue weighted by molar-refractivity contribution is 5.74. The molecule has 0 saturated heterocycles. The predicted molar refractivity (Wildman–Crippen MR) is 86.5 cm³/mol. The van der Waals surface area contributed by atoms with Crippen molar-refractivity contribution < 1.29 is 4.74 Å². The lowest BCUT2D eigenvalue weighted by Crippen LogP contribution is -2.31. The van der Waals surface area contributed by atoms with Crippen LogP contribution in [0, 0.1) is 0 Å². The molecular formula is C17H28N2O. The largest absolute Gasteiger partial charge is 0.489 e. The van der Waals surface area contributed by atoms with E-state index in [0.29, 0.717) is 6.04 Å². The first kappa shape index (κ1) is 15.0. The zero-order valence-electron chi connectivity index (χ0n) is 13.1. The van der Waals surface area contributed by atoms with E-state index in [-0.39, 0.29) is 6.10 Å². The van der Waals surface area contributed by atoms with Gasteiger partial charge in [-0.1, -0.05) is 31.7 Å². The van der Waals surface area contributed by atoms with Crippen molar-refractivity contribution >= 4 is 11.4 Å². The molecule has 2 rings (SSSR count). The second kappa shape index (κ2) is 6.87. The minimum Gasteiger partial charge on any atom is -0.489 e. The molecular weight excluding hydrogens is 248 g/mol. The van der Waals surface area contributed by atoms with Gasteiger partial charge in [-0.3, -0.25) is 0 Å². The van der Waals surface area contributed by atoms with E-state index in [1.54, 1.807) is 0 Å². The third-order valence-electron chi connectivity index (χ3n) is 4.16. The van der Waals surface area contributed by atoms with Gasteiger partial charge in [0, 0.05) is 13.1 Å². The summed E-state index contributed by atoms with van der Waals surface area (Å²) < 4.78 is 5.80. The molecule has 3 heteroatoms. The van der Waals surface area contributed by atoms with Crippen molar-refractivity contribution in [3.8, 4) is 5.75 Å². The number of benzene rings is 1. The molecule has 0 amide bonds. The van der Waals surface area contributed by atoms with Crippen LogP contribution in [0.4, 0.5) is 11.4 Å². The van der Waals surface area contributed by atoms with Crippen LogP contribution in [0.2, 0.25) is 0 Å². The number of nitrogen functional groups attached to an aromatic ring is 1. The molecule has 1 aromatic carbocycles. The molecule has 0 unspecified atom stereocenters. The first-order chi connectivity index (χ1) is 9.59. The summed E-state index contributed by atoms with van der Waals surface area (Å²) in [6, 6.07) is 6.71. The van der Waals surface area contributed by atoms with E-state index in [2.05, 4.69) is 18.0 Å². The van der Waals surface area contributed by atoms with Crippen LogP contribution in [0.25, 0.3) is 0 Å². The van der Waals surface area contributed by atoms with Gasteiger partial charge in [0.2, 0.25) is 0 Å². The van der Waals surface area contributed by atoms with E-state index >= 15 is 0 Å². The monoisotopic (exact) mass is 276 g/mol. The van der Waals surface area contributed by atoms with Crippen molar-refractivity contribution in [2.75, 3.05) is 17.7 Å². The van der Waals surface area contributed by atoms with Crippen molar-refractivity contribution in [3.05, 3.63) is 18.2 Å². The fourth-order valence-electron chi connectivity index (χ4n) is 3.04. The second-order valence-electron chi connectivity index (χ2n) is 6.11. The number of hydrogen-bond acceptors (Lipinski definition) is 3. The Labute approximate surface area is 123 Å². The summed E-state index contributed by atoms with van der Waals surface area (Å²) in [4.78, 5) is 2.36. The van der Waals surface area contributed by atoms with Crippen molar-refractivity contribution in [1.82, 2.24) is 0 Å². The number of para-hydroxylation sites is 1. The molecule has 0 spiro atoms. The van der Waals surface area contributed by atoms with Gasteiger partial charge < -0.3 is 15.4 Å². The minimum absolute atomic E-state index is 0.149. The highest BCUT2D eigenvalue weighted by atomic mass is 16.5. The van der Waals surface area contributed by atoms with Gasteiger partial charge in [-0.05, 0) is 38.8 Å². The van der Waals surface area contributed by atoms with Crippen LogP contribution in [0.5, 0.6) is 5.75 Å². The van der Waals surface area contributed by atoms with E-state index in [9.17, 15) is 0 Å². The van der Waals surface area contributed by atoms with Crippen LogP contribution in [-0.2, 0) is 0 Å². The van der Waals surface area contributed by atoms with Gasteiger partial charge in [0.1, 0.15) is 5.75 Å². The fourth-order valence-corrected chi connectivity index (χ4v) is 3.04. The van der Waals surface area contributed by atoms with Gasteiger partial charge in [0.25, 0.3) is 0 Å². The Morgan fingerprint density at radius 2 is 1.80 bits per heavy atom. The molecule has 0 bridgehead atoms. The Morgan fingerprint density at radius 1 is 1.15 bits per heavy atom. The molecule has 0 aromatic heterocycles. The molecule has 1 aliphatic rings. The van der Waals surface area contributed by atoms with Crippen molar-refractivity contribution in [3.63, 3.8) is 0 Å². The Morgan fingerprint density at radius 3 is 2.40 bits per heavy atom. The van der Waals surface area contributed by atoms with Gasteiger partial charge in [0.05, 0.1) is 17.5 Å². The Balaban J connectivity index is 2.18. The summed E-state index contributed by atoms with van der Waals surface area (Å²) in [7, 11) is 2.17. The second-order valence-corrected chi connectivity index (χ2v) is 6.11. The summed E-state index contributed by atoms with van der Waals surface area (Å²) in [6.07, 6.45) is 8.09. The molecule has 1 saturated carbocycles. The average Bonchev–Trinajstić information content (AvgIpc) is 2.69. The number of ether oxygens (including phenoxy) is 1. The molecule has 2 N–H and O–H groups in total. The van der Waals surface area contributed by atoms with Crippen molar-refractivity contribution in [1.29, 1.82) is 0 Å². The number of anilines is 2.